The summed E-state index contributed by atoms with van der Waals surface area (Å²) < 4.78 is 0. The highest BCUT2D eigenvalue weighted by Gasteiger charge is 2.05. The lowest BCUT2D eigenvalue weighted by Crippen LogP contribution is -2.46. The zero-order chi connectivity index (χ0) is 5.82. The number of nitrogens with zero attached hydrogens (tertiary/aromatic N) is 2. The van der Waals surface area contributed by atoms with E-state index in [0.29, 0.717) is 0 Å². The van der Waals surface area contributed by atoms with Crippen LogP contribution in [0.5, 0.6) is 0 Å². The van der Waals surface area contributed by atoms with E-state index in [1.807, 2.05) is 7.05 Å². The van der Waals surface area contributed by atoms with E-state index in [9.17, 15) is 0 Å². The van der Waals surface area contributed by atoms with Gasteiger partial charge in [-0.15, -0.1) is 0 Å². The van der Waals surface area contributed by atoms with Gasteiger partial charge in [0, 0.05) is 26.2 Å². The van der Waals surface area contributed by atoms with Crippen molar-refractivity contribution in [3.8, 4) is 0 Å². The van der Waals surface area contributed by atoms with Gasteiger partial charge < -0.3 is 0 Å². The summed E-state index contributed by atoms with van der Waals surface area (Å²) >= 11 is 0. The molecule has 1 aliphatic heterocycles. The smallest absolute Gasteiger partial charge is 0.0275 e. The van der Waals surface area contributed by atoms with Crippen LogP contribution in [0.15, 0.2) is 0 Å². The summed E-state index contributed by atoms with van der Waals surface area (Å²) in [5.41, 5.74) is 3.08. The predicted molar refractivity (Wildman–Crippen MR) is 32.5 cm³/mol. The summed E-state index contributed by atoms with van der Waals surface area (Å²) in [5.74, 6) is 0. The fourth-order valence-electron chi connectivity index (χ4n) is 0.830. The van der Waals surface area contributed by atoms with Crippen molar-refractivity contribution < 1.29 is 0 Å². The molecular weight excluding hydrogens is 102 g/mol. The van der Waals surface area contributed by atoms with Gasteiger partial charge in [0.25, 0.3) is 0 Å². The zero-order valence-electron chi connectivity index (χ0n) is 5.22. The van der Waals surface area contributed by atoms with Gasteiger partial charge in [-0.1, -0.05) is 0 Å². The molecule has 0 aliphatic carbocycles. The van der Waals surface area contributed by atoms with Crippen LogP contribution < -0.4 is 10.7 Å². The van der Waals surface area contributed by atoms with Crippen molar-refractivity contribution in [2.24, 2.45) is 0 Å². The van der Waals surface area contributed by atoms with E-state index in [0.717, 1.165) is 26.2 Å². The molecule has 0 atom stereocenters. The van der Waals surface area contributed by atoms with Crippen molar-refractivity contribution in [3.63, 3.8) is 0 Å². The monoisotopic (exact) mass is 114 g/mol. The second kappa shape index (κ2) is 3.02. The number of rotatable bonds is 1. The van der Waals surface area contributed by atoms with E-state index >= 15 is 0 Å². The van der Waals surface area contributed by atoms with Crippen molar-refractivity contribution in [2.45, 2.75) is 0 Å². The lowest BCUT2D eigenvalue weighted by Gasteiger charge is -2.24. The number of hydrogen-bond donors (Lipinski definition) is 1. The van der Waals surface area contributed by atoms with Crippen molar-refractivity contribution in [1.82, 2.24) is 15.8 Å². The van der Waals surface area contributed by atoms with Crippen LogP contribution in [0.1, 0.15) is 0 Å². The number of hydrogen-bond acceptors (Lipinski definition) is 2. The lowest BCUT2D eigenvalue weighted by molar-refractivity contribution is 0.180. The van der Waals surface area contributed by atoms with Gasteiger partial charge in [0.15, 0.2) is 0 Å². The summed E-state index contributed by atoms with van der Waals surface area (Å²) in [6.45, 7) is 4.11. The number of piperazine rings is 1. The molecule has 0 aromatic carbocycles. The highest BCUT2D eigenvalue weighted by molar-refractivity contribution is 4.61. The molecule has 0 amide bonds. The van der Waals surface area contributed by atoms with Crippen LogP contribution in [0.4, 0.5) is 0 Å². The molecule has 0 bridgehead atoms. The van der Waals surface area contributed by atoms with E-state index in [-0.39, 0.29) is 0 Å². The minimum Gasteiger partial charge on any atom is -0.258 e. The maximum atomic E-state index is 4.19. The third kappa shape index (κ3) is 1.43. The van der Waals surface area contributed by atoms with Crippen LogP contribution >= 0.6 is 0 Å². The van der Waals surface area contributed by atoms with Crippen molar-refractivity contribution in [2.75, 3.05) is 33.2 Å². The molecule has 1 rings (SSSR count). The quantitative estimate of drug-likeness (QED) is 0.476. The molecule has 8 heavy (non-hydrogen) atoms. The molecule has 0 aromatic rings. The number of hydrazine groups is 1. The molecule has 1 saturated heterocycles. The maximum Gasteiger partial charge on any atom is 0.0275 e. The SMILES string of the molecule is CNN1CC[N]CC1. The molecular formula is C5H12N3. The Morgan fingerprint density at radius 1 is 1.38 bits per heavy atom. The second-order valence-corrected chi connectivity index (χ2v) is 1.88. The van der Waals surface area contributed by atoms with Crippen LogP contribution in [-0.4, -0.2) is 38.2 Å². The maximum absolute atomic E-state index is 4.19. The Hall–Kier alpha value is -0.120. The molecule has 3 nitrogen and oxygen atoms in total. The Bertz CT molecular complexity index is 58.7. The predicted octanol–water partition coefficient (Wildman–Crippen LogP) is -0.959. The van der Waals surface area contributed by atoms with E-state index in [1.165, 1.54) is 0 Å². The topological polar surface area (TPSA) is 29.4 Å². The molecule has 0 unspecified atom stereocenters. The van der Waals surface area contributed by atoms with Gasteiger partial charge in [-0.2, -0.15) is 0 Å². The molecule has 1 aliphatic rings. The van der Waals surface area contributed by atoms with Gasteiger partial charge in [-0.3, -0.25) is 5.43 Å². The summed E-state index contributed by atoms with van der Waals surface area (Å²) in [6.07, 6.45) is 0. The molecule has 47 valence electrons. The van der Waals surface area contributed by atoms with Gasteiger partial charge in [-0.05, 0) is 7.05 Å². The van der Waals surface area contributed by atoms with Crippen molar-refractivity contribution in [1.29, 1.82) is 0 Å². The molecule has 0 spiro atoms. The molecule has 1 heterocycles. The van der Waals surface area contributed by atoms with Crippen LogP contribution in [0.2, 0.25) is 0 Å². The molecule has 1 N–H and O–H groups in total. The Balaban J connectivity index is 2.13. The normalized spacial score (nSPS) is 23.6. The van der Waals surface area contributed by atoms with E-state index in [4.69, 9.17) is 0 Å². The van der Waals surface area contributed by atoms with Gasteiger partial charge >= 0.3 is 0 Å². The number of nitrogens with one attached hydrogen (secondary N) is 1. The van der Waals surface area contributed by atoms with E-state index in [2.05, 4.69) is 15.8 Å². The minimum atomic E-state index is 0.987. The first-order chi connectivity index (χ1) is 3.93. The lowest BCUT2D eigenvalue weighted by atomic mass is 10.4. The highest BCUT2D eigenvalue weighted by atomic mass is 15.5. The third-order valence-electron chi connectivity index (χ3n) is 1.37. The Morgan fingerprint density at radius 3 is 2.38 bits per heavy atom. The minimum absolute atomic E-state index is 0.987. The summed E-state index contributed by atoms with van der Waals surface area (Å²) in [4.78, 5) is 0. The van der Waals surface area contributed by atoms with Crippen molar-refractivity contribution in [3.05, 3.63) is 0 Å². The van der Waals surface area contributed by atoms with Gasteiger partial charge in [0.05, 0.1) is 0 Å². The first-order valence-electron chi connectivity index (χ1n) is 2.99. The Morgan fingerprint density at radius 2 is 2.00 bits per heavy atom. The largest absolute Gasteiger partial charge is 0.258 e. The Kier molecular flexibility index (Phi) is 2.27. The standard InChI is InChI=1S/C5H12N3/c1-6-8-4-2-7-3-5-8/h6H,2-5H2,1H3. The van der Waals surface area contributed by atoms with E-state index < -0.39 is 0 Å². The third-order valence-corrected chi connectivity index (χ3v) is 1.37. The molecule has 3 heteroatoms. The van der Waals surface area contributed by atoms with Crippen LogP contribution in [0, 0.1) is 0 Å². The summed E-state index contributed by atoms with van der Waals surface area (Å²) in [7, 11) is 1.95. The Labute approximate surface area is 50.0 Å². The van der Waals surface area contributed by atoms with Gasteiger partial charge in [-0.25, -0.2) is 10.3 Å². The molecule has 0 aromatic heterocycles. The molecule has 1 fully saturated rings. The highest BCUT2D eigenvalue weighted by Crippen LogP contribution is 1.84. The fraction of sp³-hybridized carbons (Fsp3) is 1.00. The average molecular weight is 114 g/mol. The van der Waals surface area contributed by atoms with Crippen LogP contribution in [0.3, 0.4) is 0 Å². The summed E-state index contributed by atoms with van der Waals surface area (Å²) in [5, 5.41) is 6.37. The van der Waals surface area contributed by atoms with Crippen LogP contribution in [0.25, 0.3) is 0 Å². The second-order valence-electron chi connectivity index (χ2n) is 1.88. The zero-order valence-corrected chi connectivity index (χ0v) is 5.22. The van der Waals surface area contributed by atoms with E-state index in [1.54, 1.807) is 0 Å². The van der Waals surface area contributed by atoms with Gasteiger partial charge in [0.2, 0.25) is 0 Å². The molecule has 1 radical (unpaired) electrons. The summed E-state index contributed by atoms with van der Waals surface area (Å²) in [6, 6.07) is 0. The molecule has 0 saturated carbocycles. The fourth-order valence-corrected chi connectivity index (χ4v) is 0.830. The van der Waals surface area contributed by atoms with Gasteiger partial charge in [0.1, 0.15) is 0 Å². The van der Waals surface area contributed by atoms with Crippen LogP contribution in [-0.2, 0) is 0 Å². The first kappa shape index (κ1) is 6.01. The average Bonchev–Trinajstić information content (AvgIpc) is 1.90. The first-order valence-corrected chi connectivity index (χ1v) is 2.99. The van der Waals surface area contributed by atoms with Crippen molar-refractivity contribution >= 4 is 0 Å².